The van der Waals surface area contributed by atoms with E-state index in [0.29, 0.717) is 6.54 Å². The molecule has 1 aliphatic carbocycles. The predicted octanol–water partition coefficient (Wildman–Crippen LogP) is 2.67. The summed E-state index contributed by atoms with van der Waals surface area (Å²) in [6.45, 7) is 0.640. The van der Waals surface area contributed by atoms with E-state index in [1.54, 1.807) is 12.1 Å². The molecule has 2 nitrogen and oxygen atoms in total. The number of amides is 1. The monoisotopic (exact) mass is 235 g/mol. The van der Waals surface area contributed by atoms with Gasteiger partial charge in [-0.1, -0.05) is 25.0 Å². The maximum Gasteiger partial charge on any atom is 0.223 e. The highest BCUT2D eigenvalue weighted by atomic mass is 19.1. The summed E-state index contributed by atoms with van der Waals surface area (Å²) < 4.78 is 12.7. The third-order valence-corrected chi connectivity index (χ3v) is 3.35. The maximum absolute atomic E-state index is 12.7. The van der Waals surface area contributed by atoms with Crippen molar-refractivity contribution in [3.8, 4) is 0 Å². The smallest absolute Gasteiger partial charge is 0.223 e. The van der Waals surface area contributed by atoms with Crippen LogP contribution in [0.25, 0.3) is 0 Å². The lowest BCUT2D eigenvalue weighted by molar-refractivity contribution is -0.124. The quantitative estimate of drug-likeness (QED) is 0.854. The van der Waals surface area contributed by atoms with Gasteiger partial charge in [-0.2, -0.15) is 0 Å². The van der Waals surface area contributed by atoms with Crippen molar-refractivity contribution in [2.75, 3.05) is 6.54 Å². The van der Waals surface area contributed by atoms with Gasteiger partial charge in [0.2, 0.25) is 5.91 Å². The minimum atomic E-state index is -0.219. The molecule has 0 aromatic heterocycles. The Bertz CT molecular complexity index is 368. The standard InChI is InChI=1S/C14H18FNO/c15-13-7-5-11(6-8-13)9-10-16-14(17)12-3-1-2-4-12/h5-8,12H,1-4,9-10H2,(H,16,17). The van der Waals surface area contributed by atoms with Crippen LogP contribution in [-0.2, 0) is 11.2 Å². The van der Waals surface area contributed by atoms with Gasteiger partial charge in [-0.05, 0) is 37.0 Å². The average molecular weight is 235 g/mol. The maximum atomic E-state index is 12.7. The van der Waals surface area contributed by atoms with E-state index in [1.807, 2.05) is 0 Å². The molecule has 0 radical (unpaired) electrons. The molecule has 1 aliphatic rings. The Hall–Kier alpha value is -1.38. The molecular formula is C14H18FNO. The number of nitrogens with one attached hydrogen (secondary N) is 1. The van der Waals surface area contributed by atoms with E-state index in [-0.39, 0.29) is 17.6 Å². The van der Waals surface area contributed by atoms with E-state index >= 15 is 0 Å². The highest BCUT2D eigenvalue weighted by molar-refractivity contribution is 5.78. The van der Waals surface area contributed by atoms with Crippen molar-refractivity contribution in [2.45, 2.75) is 32.1 Å². The summed E-state index contributed by atoms with van der Waals surface area (Å²) in [5.74, 6) is 0.191. The summed E-state index contributed by atoms with van der Waals surface area (Å²) in [6, 6.07) is 6.43. The zero-order chi connectivity index (χ0) is 12.1. The summed E-state index contributed by atoms with van der Waals surface area (Å²) in [4.78, 5) is 11.7. The van der Waals surface area contributed by atoms with Gasteiger partial charge < -0.3 is 5.32 Å². The van der Waals surface area contributed by atoms with Gasteiger partial charge in [0.25, 0.3) is 0 Å². The Morgan fingerprint density at radius 3 is 2.53 bits per heavy atom. The molecular weight excluding hydrogens is 217 g/mol. The molecule has 1 fully saturated rings. The Labute approximate surface area is 101 Å². The zero-order valence-electron chi connectivity index (χ0n) is 9.92. The first-order valence-electron chi connectivity index (χ1n) is 6.28. The Morgan fingerprint density at radius 1 is 1.24 bits per heavy atom. The molecule has 0 heterocycles. The Morgan fingerprint density at radius 2 is 1.88 bits per heavy atom. The fourth-order valence-corrected chi connectivity index (χ4v) is 2.31. The third-order valence-electron chi connectivity index (χ3n) is 3.35. The van der Waals surface area contributed by atoms with Crippen LogP contribution in [0.2, 0.25) is 0 Å². The van der Waals surface area contributed by atoms with Gasteiger partial charge in [0.05, 0.1) is 0 Å². The van der Waals surface area contributed by atoms with Crippen molar-refractivity contribution in [1.29, 1.82) is 0 Å². The number of carbonyl (C=O) groups excluding carboxylic acids is 1. The topological polar surface area (TPSA) is 29.1 Å². The molecule has 92 valence electrons. The molecule has 0 saturated heterocycles. The molecule has 0 atom stereocenters. The highest BCUT2D eigenvalue weighted by Crippen LogP contribution is 2.24. The second-order valence-electron chi connectivity index (χ2n) is 4.65. The third kappa shape index (κ3) is 3.55. The lowest BCUT2D eigenvalue weighted by atomic mass is 10.1. The summed E-state index contributed by atoms with van der Waals surface area (Å²) >= 11 is 0. The first kappa shape index (κ1) is 12.1. The van der Waals surface area contributed by atoms with Crippen molar-refractivity contribution in [2.24, 2.45) is 5.92 Å². The second-order valence-corrected chi connectivity index (χ2v) is 4.65. The average Bonchev–Trinajstić information content (AvgIpc) is 2.85. The molecule has 1 amide bonds. The molecule has 3 heteroatoms. The Balaban J connectivity index is 1.72. The first-order valence-corrected chi connectivity index (χ1v) is 6.28. The largest absolute Gasteiger partial charge is 0.356 e. The van der Waals surface area contributed by atoms with Gasteiger partial charge >= 0.3 is 0 Å². The van der Waals surface area contributed by atoms with Gasteiger partial charge in [-0.25, -0.2) is 4.39 Å². The number of rotatable bonds is 4. The molecule has 17 heavy (non-hydrogen) atoms. The van der Waals surface area contributed by atoms with Gasteiger partial charge in [-0.3, -0.25) is 4.79 Å². The minimum Gasteiger partial charge on any atom is -0.356 e. The van der Waals surface area contributed by atoms with Crippen molar-refractivity contribution in [3.63, 3.8) is 0 Å². The fraction of sp³-hybridized carbons (Fsp3) is 0.500. The Kier molecular flexibility index (Phi) is 4.13. The van der Waals surface area contributed by atoms with Gasteiger partial charge in [-0.15, -0.1) is 0 Å². The molecule has 0 spiro atoms. The summed E-state index contributed by atoms with van der Waals surface area (Å²) in [5, 5.41) is 2.96. The molecule has 1 aromatic rings. The molecule has 0 unspecified atom stereocenters. The van der Waals surface area contributed by atoms with E-state index in [0.717, 1.165) is 24.8 Å². The van der Waals surface area contributed by atoms with E-state index in [4.69, 9.17) is 0 Å². The second kappa shape index (κ2) is 5.80. The van der Waals surface area contributed by atoms with E-state index in [9.17, 15) is 9.18 Å². The molecule has 2 rings (SSSR count). The van der Waals surface area contributed by atoms with Crippen molar-refractivity contribution in [1.82, 2.24) is 5.32 Å². The van der Waals surface area contributed by atoms with Gasteiger partial charge in [0.1, 0.15) is 5.82 Å². The van der Waals surface area contributed by atoms with Crippen LogP contribution >= 0.6 is 0 Å². The molecule has 0 aliphatic heterocycles. The van der Waals surface area contributed by atoms with E-state index in [1.165, 1.54) is 25.0 Å². The molecule has 1 aromatic carbocycles. The van der Waals surface area contributed by atoms with Gasteiger partial charge in [0, 0.05) is 12.5 Å². The van der Waals surface area contributed by atoms with Crippen LogP contribution in [0.15, 0.2) is 24.3 Å². The van der Waals surface area contributed by atoms with E-state index < -0.39 is 0 Å². The summed E-state index contributed by atoms with van der Waals surface area (Å²) in [7, 11) is 0. The van der Waals surface area contributed by atoms with Crippen LogP contribution in [0.3, 0.4) is 0 Å². The van der Waals surface area contributed by atoms with Crippen molar-refractivity contribution >= 4 is 5.91 Å². The summed E-state index contributed by atoms with van der Waals surface area (Å²) in [6.07, 6.45) is 5.18. The zero-order valence-corrected chi connectivity index (χ0v) is 9.92. The number of carbonyl (C=O) groups is 1. The van der Waals surface area contributed by atoms with E-state index in [2.05, 4.69) is 5.32 Å². The van der Waals surface area contributed by atoms with Crippen LogP contribution < -0.4 is 5.32 Å². The van der Waals surface area contributed by atoms with Crippen LogP contribution in [-0.4, -0.2) is 12.5 Å². The van der Waals surface area contributed by atoms with Gasteiger partial charge in [0.15, 0.2) is 0 Å². The van der Waals surface area contributed by atoms with Crippen molar-refractivity contribution in [3.05, 3.63) is 35.6 Å². The van der Waals surface area contributed by atoms with Crippen molar-refractivity contribution < 1.29 is 9.18 Å². The molecule has 0 bridgehead atoms. The lowest BCUT2D eigenvalue weighted by Gasteiger charge is -2.10. The normalized spacial score (nSPS) is 16.1. The lowest BCUT2D eigenvalue weighted by Crippen LogP contribution is -2.30. The highest BCUT2D eigenvalue weighted by Gasteiger charge is 2.21. The number of benzene rings is 1. The predicted molar refractivity (Wildman–Crippen MR) is 65.1 cm³/mol. The fourth-order valence-electron chi connectivity index (χ4n) is 2.31. The number of halogens is 1. The van der Waals surface area contributed by atoms with Crippen LogP contribution in [0.1, 0.15) is 31.2 Å². The van der Waals surface area contributed by atoms with Crippen LogP contribution in [0.4, 0.5) is 4.39 Å². The minimum absolute atomic E-state index is 0.185. The first-order chi connectivity index (χ1) is 8.25. The molecule has 1 N–H and O–H groups in total. The number of hydrogen-bond donors (Lipinski definition) is 1. The van der Waals surface area contributed by atoms with Crippen LogP contribution in [0, 0.1) is 11.7 Å². The number of hydrogen-bond acceptors (Lipinski definition) is 1. The summed E-state index contributed by atoms with van der Waals surface area (Å²) in [5.41, 5.74) is 1.05. The molecule has 1 saturated carbocycles. The SMILES string of the molecule is O=C(NCCc1ccc(F)cc1)C1CCCC1. The van der Waals surface area contributed by atoms with Crippen LogP contribution in [0.5, 0.6) is 0 Å².